The van der Waals surface area contributed by atoms with E-state index in [4.69, 9.17) is 31.9 Å². The summed E-state index contributed by atoms with van der Waals surface area (Å²) in [6.45, 7) is 3.17. The highest BCUT2D eigenvalue weighted by Crippen LogP contribution is 2.26. The molecule has 0 bridgehead atoms. The third kappa shape index (κ3) is 8.12. The number of pyridine rings is 1. The molecule has 1 atom stereocenters. The Morgan fingerprint density at radius 3 is 2.26 bits per heavy atom. The fourth-order valence-electron chi connectivity index (χ4n) is 3.14. The summed E-state index contributed by atoms with van der Waals surface area (Å²) in [5.74, 6) is -3.58. The van der Waals surface area contributed by atoms with Crippen LogP contribution in [0.1, 0.15) is 23.7 Å². The largest absolute Gasteiger partial charge is 0.490 e. The molecule has 0 saturated carbocycles. The van der Waals surface area contributed by atoms with Gasteiger partial charge in [-0.25, -0.2) is 13.2 Å². The van der Waals surface area contributed by atoms with Crippen LogP contribution in [0.4, 0.5) is 18.9 Å². The Morgan fingerprint density at radius 1 is 1.21 bits per heavy atom. The number of aryl methyl sites for hydroxylation is 2. The van der Waals surface area contributed by atoms with E-state index in [-0.39, 0.29) is 29.6 Å². The molecule has 38 heavy (non-hydrogen) atoms. The molecular weight excluding hydrogens is 537 g/mol. The molecule has 0 spiro atoms. The molecule has 1 aromatic heterocycles. The molecule has 0 aliphatic heterocycles. The first kappa shape index (κ1) is 31.7. The Morgan fingerprint density at radius 2 is 1.79 bits per heavy atom. The van der Waals surface area contributed by atoms with Crippen LogP contribution in [-0.2, 0) is 24.3 Å². The number of likely N-dealkylation sites (N-methyl/N-ethyl adjacent to an activating group) is 1. The van der Waals surface area contributed by atoms with Crippen LogP contribution < -0.4 is 28.1 Å². The molecule has 13 nitrogen and oxygen atoms in total. The minimum absolute atomic E-state index is 0.00888. The van der Waals surface area contributed by atoms with Gasteiger partial charge in [-0.15, -0.1) is 0 Å². The number of sulfone groups is 1. The number of aromatic nitrogens is 1. The summed E-state index contributed by atoms with van der Waals surface area (Å²) in [7, 11) is -2.84. The maximum atomic E-state index is 13.3. The van der Waals surface area contributed by atoms with Gasteiger partial charge in [0.15, 0.2) is 4.90 Å². The number of carboxylic acid groups (broad SMARTS) is 1. The van der Waals surface area contributed by atoms with Crippen molar-refractivity contribution in [3.63, 3.8) is 0 Å². The number of aliphatic carboxylic acids is 1. The van der Waals surface area contributed by atoms with E-state index in [0.717, 1.165) is 4.57 Å². The summed E-state index contributed by atoms with van der Waals surface area (Å²) >= 11 is 0. The number of alkyl halides is 3. The molecule has 1 aromatic carbocycles. The number of nitrogens with one attached hydrogen (secondary N) is 1. The van der Waals surface area contributed by atoms with Gasteiger partial charge in [-0.1, -0.05) is 12.1 Å². The lowest BCUT2D eigenvalue weighted by atomic mass is 10.1. The third-order valence-corrected chi connectivity index (χ3v) is 6.57. The van der Waals surface area contributed by atoms with Gasteiger partial charge in [-0.05, 0) is 42.8 Å². The topological polar surface area (TPSA) is 222 Å². The Balaban J connectivity index is 0.000000905. The number of benzene rings is 1. The van der Waals surface area contributed by atoms with E-state index in [0.29, 0.717) is 11.3 Å². The van der Waals surface area contributed by atoms with Gasteiger partial charge in [0.2, 0.25) is 21.7 Å². The SMILES string of the molecule is CNC(=O)C(CCON=C(N)N)n1c(C)cc(N)c(S(=O)(=O)c2cccc(C)c2)c1=O.O=C(O)C(F)(F)F. The lowest BCUT2D eigenvalue weighted by Gasteiger charge is -2.22. The van der Waals surface area contributed by atoms with Crippen molar-refractivity contribution in [3.8, 4) is 0 Å². The summed E-state index contributed by atoms with van der Waals surface area (Å²) in [5.41, 5.74) is 16.2. The van der Waals surface area contributed by atoms with Gasteiger partial charge in [0.25, 0.3) is 5.56 Å². The second kappa shape index (κ2) is 12.8. The smallest absolute Gasteiger partial charge is 0.475 e. The van der Waals surface area contributed by atoms with Crippen LogP contribution in [0.5, 0.6) is 0 Å². The first-order valence-electron chi connectivity index (χ1n) is 10.5. The molecule has 0 fully saturated rings. The molecule has 1 amide bonds. The summed E-state index contributed by atoms with van der Waals surface area (Å²) < 4.78 is 59.3. The Hall–Kier alpha value is -4.28. The van der Waals surface area contributed by atoms with Gasteiger partial charge in [0.1, 0.15) is 12.6 Å². The Kier molecular flexibility index (Phi) is 10.7. The zero-order valence-electron chi connectivity index (χ0n) is 20.4. The number of nitrogen functional groups attached to an aromatic ring is 1. The zero-order chi connectivity index (χ0) is 29.4. The highest BCUT2D eigenvalue weighted by Gasteiger charge is 2.38. The van der Waals surface area contributed by atoms with E-state index >= 15 is 0 Å². The first-order valence-corrected chi connectivity index (χ1v) is 12.0. The molecule has 2 rings (SSSR count). The summed E-state index contributed by atoms with van der Waals surface area (Å²) in [5, 5.41) is 13.0. The molecule has 1 unspecified atom stereocenters. The number of carbonyl (C=O) groups excluding carboxylic acids is 1. The number of anilines is 1. The van der Waals surface area contributed by atoms with E-state index in [1.807, 2.05) is 0 Å². The maximum Gasteiger partial charge on any atom is 0.490 e. The van der Waals surface area contributed by atoms with Crippen LogP contribution in [0.25, 0.3) is 0 Å². The Labute approximate surface area is 215 Å². The molecule has 0 radical (unpaired) electrons. The van der Waals surface area contributed by atoms with Crippen molar-refractivity contribution in [3.05, 3.63) is 51.9 Å². The van der Waals surface area contributed by atoms with Crippen LogP contribution in [-0.4, -0.2) is 55.8 Å². The molecule has 2 aromatic rings. The van der Waals surface area contributed by atoms with Crippen LogP contribution >= 0.6 is 0 Å². The van der Waals surface area contributed by atoms with Crippen LogP contribution in [0, 0.1) is 13.8 Å². The van der Waals surface area contributed by atoms with Gasteiger partial charge in [-0.3, -0.25) is 14.2 Å². The number of oxime groups is 1. The van der Waals surface area contributed by atoms with Crippen molar-refractivity contribution in [2.75, 3.05) is 19.4 Å². The van der Waals surface area contributed by atoms with Crippen LogP contribution in [0.15, 0.2) is 50.1 Å². The second-order valence-electron chi connectivity index (χ2n) is 7.64. The lowest BCUT2D eigenvalue weighted by Crippen LogP contribution is -2.39. The number of carbonyl (C=O) groups is 2. The number of amides is 1. The van der Waals surface area contributed by atoms with Gasteiger partial charge in [-0.2, -0.15) is 13.2 Å². The average molecular weight is 565 g/mol. The normalized spacial score (nSPS) is 11.9. The van der Waals surface area contributed by atoms with Crippen molar-refractivity contribution in [2.45, 2.75) is 42.3 Å². The van der Waals surface area contributed by atoms with E-state index < -0.39 is 44.4 Å². The fraction of sp³-hybridized carbons (Fsp3) is 0.333. The minimum Gasteiger partial charge on any atom is -0.475 e. The summed E-state index contributed by atoms with van der Waals surface area (Å²) in [6.07, 6.45) is -5.09. The van der Waals surface area contributed by atoms with Crippen LogP contribution in [0.2, 0.25) is 0 Å². The van der Waals surface area contributed by atoms with Gasteiger partial charge in [0, 0.05) is 19.2 Å². The predicted molar refractivity (Wildman–Crippen MR) is 130 cm³/mol. The van der Waals surface area contributed by atoms with Gasteiger partial charge < -0.3 is 32.5 Å². The second-order valence-corrected chi connectivity index (χ2v) is 9.52. The molecule has 0 saturated heterocycles. The summed E-state index contributed by atoms with van der Waals surface area (Å²) in [4.78, 5) is 39.0. The number of nitrogens with two attached hydrogens (primary N) is 3. The third-order valence-electron chi connectivity index (χ3n) is 4.74. The molecular formula is C21H27F3N6O7S. The number of hydrogen-bond donors (Lipinski definition) is 5. The number of nitrogens with zero attached hydrogens (tertiary/aromatic N) is 2. The van der Waals surface area contributed by atoms with E-state index in [1.54, 1.807) is 26.0 Å². The zero-order valence-corrected chi connectivity index (χ0v) is 21.3. The number of guanidine groups is 1. The van der Waals surface area contributed by atoms with Crippen molar-refractivity contribution < 1.29 is 41.1 Å². The quantitative estimate of drug-likeness (QED) is 0.128. The minimum atomic E-state index is -5.08. The van der Waals surface area contributed by atoms with Crippen molar-refractivity contribution in [1.29, 1.82) is 0 Å². The first-order chi connectivity index (χ1) is 17.4. The number of hydrogen-bond acceptors (Lipinski definition) is 8. The number of rotatable bonds is 8. The molecule has 210 valence electrons. The lowest BCUT2D eigenvalue weighted by molar-refractivity contribution is -0.192. The van der Waals surface area contributed by atoms with E-state index in [9.17, 15) is 31.2 Å². The van der Waals surface area contributed by atoms with E-state index in [2.05, 4.69) is 10.5 Å². The van der Waals surface area contributed by atoms with Crippen molar-refractivity contribution in [2.24, 2.45) is 16.6 Å². The molecule has 8 N–H and O–H groups in total. The van der Waals surface area contributed by atoms with Gasteiger partial charge in [0.05, 0.1) is 10.6 Å². The molecule has 0 aliphatic carbocycles. The van der Waals surface area contributed by atoms with Crippen molar-refractivity contribution >= 4 is 33.4 Å². The highest BCUT2D eigenvalue weighted by atomic mass is 32.2. The molecule has 1 heterocycles. The molecule has 0 aliphatic rings. The van der Waals surface area contributed by atoms with Crippen LogP contribution in [0.3, 0.4) is 0 Å². The Bertz CT molecular complexity index is 1370. The fourth-order valence-corrected chi connectivity index (χ4v) is 4.67. The van der Waals surface area contributed by atoms with E-state index in [1.165, 1.54) is 25.2 Å². The predicted octanol–water partition coefficient (Wildman–Crippen LogP) is 0.396. The monoisotopic (exact) mass is 564 g/mol. The molecule has 17 heteroatoms. The maximum absolute atomic E-state index is 13.3. The standard InChI is InChI=1S/C19H26N6O5S.C2HF3O2/c1-11-5-4-6-13(9-11)31(28,29)16-14(20)10-12(2)25(18(16)27)15(17(26)23-3)7-8-30-24-19(21)22;3-2(4,5)1(6)7/h4-6,9-10,15H,7-8,20H2,1-3H3,(H,23,26)(H4,21,22,24);(H,6,7). The number of carboxylic acids is 1. The van der Waals surface area contributed by atoms with Crippen molar-refractivity contribution in [1.82, 2.24) is 9.88 Å². The summed E-state index contributed by atoms with van der Waals surface area (Å²) in [6, 6.07) is 6.38. The average Bonchev–Trinajstić information content (AvgIpc) is 2.79. The highest BCUT2D eigenvalue weighted by molar-refractivity contribution is 7.91. The van der Waals surface area contributed by atoms with Gasteiger partial charge >= 0.3 is 12.1 Å². The number of halogens is 3.